The van der Waals surface area contributed by atoms with Crippen LogP contribution in [0.5, 0.6) is 17.2 Å². The third-order valence-corrected chi connectivity index (χ3v) is 4.87. The van der Waals surface area contributed by atoms with Crippen molar-refractivity contribution in [3.8, 4) is 17.2 Å². The fourth-order valence-corrected chi connectivity index (χ4v) is 3.07. The average molecular weight is 440 g/mol. The summed E-state index contributed by atoms with van der Waals surface area (Å²) in [4.78, 5) is 24.1. The molecule has 0 aliphatic rings. The van der Waals surface area contributed by atoms with Gasteiger partial charge in [-0.25, -0.2) is 0 Å². The number of hydrogen-bond donors (Lipinski definition) is 1. The predicted octanol–water partition coefficient (Wildman–Crippen LogP) is 5.56. The van der Waals surface area contributed by atoms with E-state index in [9.17, 15) is 14.7 Å². The Kier molecular flexibility index (Phi) is 7.97. The third kappa shape index (κ3) is 6.08. The van der Waals surface area contributed by atoms with E-state index in [2.05, 4.69) is 0 Å². The van der Waals surface area contributed by atoms with Crippen LogP contribution in [-0.4, -0.2) is 30.9 Å². The molecule has 4 rings (SSSR count). The molecule has 0 amide bonds. The summed E-state index contributed by atoms with van der Waals surface area (Å²) in [5, 5.41) is 9.75. The molecule has 0 saturated heterocycles. The number of phenolic OH excluding ortho intramolecular Hbond substituents is 1. The Labute approximate surface area is 192 Å². The lowest BCUT2D eigenvalue weighted by Gasteiger charge is -2.06. The van der Waals surface area contributed by atoms with Crippen LogP contribution in [-0.2, 0) is 0 Å². The van der Waals surface area contributed by atoms with Gasteiger partial charge in [0.15, 0.2) is 11.6 Å². The molecule has 33 heavy (non-hydrogen) atoms. The van der Waals surface area contributed by atoms with Gasteiger partial charge in [-0.1, -0.05) is 60.7 Å². The molecule has 0 bridgehead atoms. The zero-order chi connectivity index (χ0) is 23.6. The van der Waals surface area contributed by atoms with Gasteiger partial charge in [-0.05, 0) is 36.4 Å². The summed E-state index contributed by atoms with van der Waals surface area (Å²) in [6.45, 7) is 0. The van der Waals surface area contributed by atoms with Crippen molar-refractivity contribution in [1.82, 2.24) is 0 Å². The highest BCUT2D eigenvalue weighted by Gasteiger charge is 2.13. The molecule has 0 spiro atoms. The predicted molar refractivity (Wildman–Crippen MR) is 127 cm³/mol. The molecule has 0 saturated carbocycles. The van der Waals surface area contributed by atoms with Gasteiger partial charge in [-0.2, -0.15) is 0 Å². The van der Waals surface area contributed by atoms with Gasteiger partial charge in [-0.3, -0.25) is 9.59 Å². The highest BCUT2D eigenvalue weighted by atomic mass is 16.5. The van der Waals surface area contributed by atoms with E-state index in [0.717, 1.165) is 5.75 Å². The van der Waals surface area contributed by atoms with Crippen LogP contribution in [0.1, 0.15) is 31.8 Å². The molecule has 166 valence electrons. The number of methoxy groups -OCH3 is 2. The zero-order valence-corrected chi connectivity index (χ0v) is 18.4. The fourth-order valence-electron chi connectivity index (χ4n) is 3.07. The summed E-state index contributed by atoms with van der Waals surface area (Å²) in [6, 6.07) is 29.8. The van der Waals surface area contributed by atoms with Gasteiger partial charge in [0.2, 0.25) is 0 Å². The second-order valence-corrected chi connectivity index (χ2v) is 7.00. The van der Waals surface area contributed by atoms with Gasteiger partial charge in [0.25, 0.3) is 0 Å². The number of hydrogen-bond acceptors (Lipinski definition) is 5. The Morgan fingerprint density at radius 1 is 0.576 bits per heavy atom. The number of benzene rings is 4. The highest BCUT2D eigenvalue weighted by Crippen LogP contribution is 2.25. The van der Waals surface area contributed by atoms with E-state index in [-0.39, 0.29) is 22.9 Å². The van der Waals surface area contributed by atoms with E-state index in [0.29, 0.717) is 22.4 Å². The summed E-state index contributed by atoms with van der Waals surface area (Å²) < 4.78 is 10.0. The van der Waals surface area contributed by atoms with Crippen LogP contribution >= 0.6 is 0 Å². The number of rotatable bonds is 6. The quantitative estimate of drug-likeness (QED) is 0.398. The summed E-state index contributed by atoms with van der Waals surface area (Å²) >= 11 is 0. The van der Waals surface area contributed by atoms with E-state index in [1.807, 2.05) is 36.4 Å². The Hall–Kier alpha value is -4.38. The van der Waals surface area contributed by atoms with Crippen LogP contribution in [0.4, 0.5) is 0 Å². The number of carbonyl (C=O) groups excluding carboxylic acids is 2. The van der Waals surface area contributed by atoms with Crippen molar-refractivity contribution in [1.29, 1.82) is 0 Å². The second-order valence-electron chi connectivity index (χ2n) is 7.00. The summed E-state index contributed by atoms with van der Waals surface area (Å²) in [5.41, 5.74) is 2.20. The summed E-state index contributed by atoms with van der Waals surface area (Å²) in [6.07, 6.45) is 0. The van der Waals surface area contributed by atoms with E-state index in [1.165, 1.54) is 13.2 Å². The largest absolute Gasteiger partial charge is 0.507 e. The maximum Gasteiger partial charge on any atom is 0.196 e. The Balaban J connectivity index is 0.000000186. The number of carbonyl (C=O) groups is 2. The molecule has 0 atom stereocenters. The minimum atomic E-state index is -0.203. The van der Waals surface area contributed by atoms with Crippen molar-refractivity contribution in [2.75, 3.05) is 14.2 Å². The zero-order valence-electron chi connectivity index (χ0n) is 18.4. The van der Waals surface area contributed by atoms with Crippen LogP contribution in [0.25, 0.3) is 0 Å². The Morgan fingerprint density at radius 2 is 1.03 bits per heavy atom. The van der Waals surface area contributed by atoms with E-state index in [4.69, 9.17) is 9.47 Å². The molecule has 4 aromatic rings. The maximum atomic E-state index is 12.1. The molecule has 0 fully saturated rings. The van der Waals surface area contributed by atoms with Crippen LogP contribution in [0.15, 0.2) is 103 Å². The molecule has 5 nitrogen and oxygen atoms in total. The van der Waals surface area contributed by atoms with Crippen molar-refractivity contribution in [3.63, 3.8) is 0 Å². The van der Waals surface area contributed by atoms with Crippen molar-refractivity contribution >= 4 is 11.6 Å². The highest BCUT2D eigenvalue weighted by molar-refractivity contribution is 6.10. The van der Waals surface area contributed by atoms with Gasteiger partial charge < -0.3 is 14.6 Å². The molecule has 4 aromatic carbocycles. The number of aromatic hydroxyl groups is 1. The lowest BCUT2D eigenvalue weighted by atomic mass is 10.0. The third-order valence-electron chi connectivity index (χ3n) is 4.87. The monoisotopic (exact) mass is 440 g/mol. The Morgan fingerprint density at radius 3 is 1.52 bits per heavy atom. The molecule has 0 aliphatic heterocycles. The molecule has 0 unspecified atom stereocenters. The summed E-state index contributed by atoms with van der Waals surface area (Å²) in [7, 11) is 3.11. The molecule has 1 N–H and O–H groups in total. The second kappa shape index (κ2) is 11.3. The topological polar surface area (TPSA) is 72.8 Å². The van der Waals surface area contributed by atoms with Crippen LogP contribution in [0, 0.1) is 0 Å². The average Bonchev–Trinajstić information content (AvgIpc) is 2.89. The molecule has 5 heteroatoms. The number of phenols is 1. The molecule has 0 radical (unpaired) electrons. The first-order chi connectivity index (χ1) is 16.0. The summed E-state index contributed by atoms with van der Waals surface area (Å²) in [5.74, 6) is 1.03. The molecule has 0 aliphatic carbocycles. The standard InChI is InChI=1S/C14H12O3.C14H12O2/c1-17-11-7-8-12(13(15)9-11)14(16)10-5-3-2-4-6-10;1-16-13-9-7-12(8-10-13)14(15)11-5-3-2-4-6-11/h2-9,15H,1H3;2-10H,1H3. The first kappa shape index (κ1) is 23.3. The fraction of sp³-hybridized carbons (Fsp3) is 0.0714. The number of ether oxygens (including phenoxy) is 2. The molecule has 0 heterocycles. The van der Waals surface area contributed by atoms with Gasteiger partial charge in [-0.15, -0.1) is 0 Å². The van der Waals surface area contributed by atoms with Crippen molar-refractivity contribution < 1.29 is 24.2 Å². The molecular formula is C28H24O5. The normalized spacial score (nSPS) is 9.88. The van der Waals surface area contributed by atoms with E-state index >= 15 is 0 Å². The minimum Gasteiger partial charge on any atom is -0.507 e. The van der Waals surface area contributed by atoms with E-state index < -0.39 is 0 Å². The maximum absolute atomic E-state index is 12.1. The SMILES string of the molecule is COc1ccc(C(=O)c2ccccc2)c(O)c1.COc1ccc(C(=O)c2ccccc2)cc1. The van der Waals surface area contributed by atoms with Crippen molar-refractivity contribution in [2.45, 2.75) is 0 Å². The first-order valence-corrected chi connectivity index (χ1v) is 10.2. The van der Waals surface area contributed by atoms with Crippen LogP contribution in [0.3, 0.4) is 0 Å². The van der Waals surface area contributed by atoms with Crippen molar-refractivity contribution in [3.05, 3.63) is 125 Å². The minimum absolute atomic E-state index is 0.0308. The first-order valence-electron chi connectivity index (χ1n) is 10.2. The van der Waals surface area contributed by atoms with Crippen molar-refractivity contribution in [2.24, 2.45) is 0 Å². The number of ketones is 2. The smallest absolute Gasteiger partial charge is 0.196 e. The lowest BCUT2D eigenvalue weighted by Crippen LogP contribution is -2.01. The lowest BCUT2D eigenvalue weighted by molar-refractivity contribution is 0.102. The van der Waals surface area contributed by atoms with Crippen LogP contribution in [0.2, 0.25) is 0 Å². The van der Waals surface area contributed by atoms with E-state index in [1.54, 1.807) is 67.8 Å². The molecular weight excluding hydrogens is 416 g/mol. The van der Waals surface area contributed by atoms with Gasteiger partial charge in [0.05, 0.1) is 19.8 Å². The van der Waals surface area contributed by atoms with Gasteiger partial charge >= 0.3 is 0 Å². The van der Waals surface area contributed by atoms with Gasteiger partial charge in [0, 0.05) is 22.8 Å². The Bertz CT molecular complexity index is 1200. The van der Waals surface area contributed by atoms with Gasteiger partial charge in [0.1, 0.15) is 17.2 Å². The van der Waals surface area contributed by atoms with Crippen LogP contribution < -0.4 is 9.47 Å². The molecule has 0 aromatic heterocycles.